The summed E-state index contributed by atoms with van der Waals surface area (Å²) in [5.74, 6) is 0.912. The Morgan fingerprint density at radius 2 is 2.11 bits per heavy atom. The lowest BCUT2D eigenvalue weighted by atomic mass is 10.2. The molecule has 18 heavy (non-hydrogen) atoms. The van der Waals surface area contributed by atoms with Gasteiger partial charge in [-0.15, -0.1) is 0 Å². The standard InChI is InChI=1S/C16H20N2/c1-2-5-13-10-16(13)17-11-14-9-8-12-6-3-4-7-15(12)18-14/h3-4,6-9,13,16-17H,2,5,10-11H2,1H3. The van der Waals surface area contributed by atoms with Gasteiger partial charge in [-0.1, -0.05) is 37.6 Å². The van der Waals surface area contributed by atoms with Crippen LogP contribution in [0.1, 0.15) is 31.9 Å². The molecule has 94 valence electrons. The normalized spacial score (nSPS) is 22.3. The fourth-order valence-corrected chi connectivity index (χ4v) is 2.63. The summed E-state index contributed by atoms with van der Waals surface area (Å²) in [6.45, 7) is 3.16. The molecule has 1 saturated carbocycles. The van der Waals surface area contributed by atoms with Crippen molar-refractivity contribution in [2.45, 2.75) is 38.8 Å². The van der Waals surface area contributed by atoms with E-state index in [1.807, 2.05) is 6.07 Å². The highest BCUT2D eigenvalue weighted by Gasteiger charge is 2.35. The largest absolute Gasteiger partial charge is 0.308 e. The molecule has 2 unspecified atom stereocenters. The number of para-hydroxylation sites is 1. The van der Waals surface area contributed by atoms with Crippen molar-refractivity contribution < 1.29 is 0 Å². The monoisotopic (exact) mass is 240 g/mol. The topological polar surface area (TPSA) is 24.9 Å². The molecule has 0 saturated heterocycles. The molecular weight excluding hydrogens is 220 g/mol. The number of hydrogen-bond acceptors (Lipinski definition) is 2. The molecule has 1 aliphatic carbocycles. The van der Waals surface area contributed by atoms with E-state index in [2.05, 4.69) is 47.6 Å². The Bertz CT molecular complexity index is 535. The molecule has 1 N–H and O–H groups in total. The Morgan fingerprint density at radius 3 is 3.00 bits per heavy atom. The molecule has 0 spiro atoms. The molecule has 2 aromatic rings. The summed E-state index contributed by atoms with van der Waals surface area (Å²) in [4.78, 5) is 4.68. The number of aromatic nitrogens is 1. The van der Waals surface area contributed by atoms with Crippen LogP contribution in [0.5, 0.6) is 0 Å². The van der Waals surface area contributed by atoms with E-state index in [-0.39, 0.29) is 0 Å². The van der Waals surface area contributed by atoms with Gasteiger partial charge in [0.15, 0.2) is 0 Å². The van der Waals surface area contributed by atoms with Crippen LogP contribution in [0, 0.1) is 5.92 Å². The quantitative estimate of drug-likeness (QED) is 0.865. The number of pyridine rings is 1. The van der Waals surface area contributed by atoms with Gasteiger partial charge in [0.2, 0.25) is 0 Å². The van der Waals surface area contributed by atoms with Crippen LogP contribution in [0.25, 0.3) is 10.9 Å². The highest BCUT2D eigenvalue weighted by Crippen LogP contribution is 2.34. The van der Waals surface area contributed by atoms with E-state index < -0.39 is 0 Å². The van der Waals surface area contributed by atoms with Gasteiger partial charge in [-0.05, 0) is 30.9 Å². The van der Waals surface area contributed by atoms with Crippen molar-refractivity contribution in [3.63, 3.8) is 0 Å². The number of nitrogens with one attached hydrogen (secondary N) is 1. The van der Waals surface area contributed by atoms with Crippen LogP contribution in [0.3, 0.4) is 0 Å². The minimum Gasteiger partial charge on any atom is -0.308 e. The highest BCUT2D eigenvalue weighted by molar-refractivity contribution is 5.78. The van der Waals surface area contributed by atoms with Crippen LogP contribution < -0.4 is 5.32 Å². The fourth-order valence-electron chi connectivity index (χ4n) is 2.63. The van der Waals surface area contributed by atoms with E-state index >= 15 is 0 Å². The van der Waals surface area contributed by atoms with E-state index in [9.17, 15) is 0 Å². The number of rotatable bonds is 5. The molecule has 2 heteroatoms. The summed E-state index contributed by atoms with van der Waals surface area (Å²) < 4.78 is 0. The molecule has 2 atom stereocenters. The smallest absolute Gasteiger partial charge is 0.0705 e. The van der Waals surface area contributed by atoms with Gasteiger partial charge in [0, 0.05) is 18.0 Å². The summed E-state index contributed by atoms with van der Waals surface area (Å²) in [6.07, 6.45) is 4.02. The van der Waals surface area contributed by atoms with Crippen LogP contribution in [0.2, 0.25) is 0 Å². The molecule has 0 bridgehead atoms. The van der Waals surface area contributed by atoms with Crippen molar-refractivity contribution in [3.8, 4) is 0 Å². The molecule has 0 radical (unpaired) electrons. The van der Waals surface area contributed by atoms with Crippen LogP contribution in [-0.2, 0) is 6.54 Å². The molecular formula is C16H20N2. The second kappa shape index (κ2) is 5.07. The minimum absolute atomic E-state index is 0.734. The zero-order chi connectivity index (χ0) is 12.4. The van der Waals surface area contributed by atoms with Gasteiger partial charge in [-0.3, -0.25) is 4.98 Å². The third kappa shape index (κ3) is 2.54. The number of hydrogen-bond donors (Lipinski definition) is 1. The Hall–Kier alpha value is -1.41. The lowest BCUT2D eigenvalue weighted by Crippen LogP contribution is -2.18. The van der Waals surface area contributed by atoms with E-state index in [1.165, 1.54) is 24.6 Å². The molecule has 0 amide bonds. The Morgan fingerprint density at radius 1 is 1.22 bits per heavy atom. The lowest BCUT2D eigenvalue weighted by molar-refractivity contribution is 0.595. The van der Waals surface area contributed by atoms with Gasteiger partial charge in [-0.2, -0.15) is 0 Å². The second-order valence-electron chi connectivity index (χ2n) is 5.27. The van der Waals surface area contributed by atoms with E-state index in [4.69, 9.17) is 0 Å². The predicted octanol–water partition coefficient (Wildman–Crippen LogP) is 3.51. The summed E-state index contributed by atoms with van der Waals surface area (Å²) >= 11 is 0. The van der Waals surface area contributed by atoms with Gasteiger partial charge in [-0.25, -0.2) is 0 Å². The molecule has 1 fully saturated rings. The van der Waals surface area contributed by atoms with Crippen LogP contribution in [-0.4, -0.2) is 11.0 Å². The zero-order valence-electron chi connectivity index (χ0n) is 10.9. The summed E-state index contributed by atoms with van der Waals surface area (Å²) in [5.41, 5.74) is 2.24. The summed E-state index contributed by atoms with van der Waals surface area (Å²) in [7, 11) is 0. The van der Waals surface area contributed by atoms with E-state index in [0.29, 0.717) is 0 Å². The van der Waals surface area contributed by atoms with Crippen LogP contribution in [0.15, 0.2) is 36.4 Å². The molecule has 1 heterocycles. The number of benzene rings is 1. The zero-order valence-corrected chi connectivity index (χ0v) is 10.9. The third-order valence-corrected chi connectivity index (χ3v) is 3.78. The molecule has 0 aliphatic heterocycles. The van der Waals surface area contributed by atoms with Crippen molar-refractivity contribution >= 4 is 10.9 Å². The SMILES string of the molecule is CCCC1CC1NCc1ccc2ccccc2n1. The molecule has 1 aromatic heterocycles. The first kappa shape index (κ1) is 11.7. The first-order chi connectivity index (χ1) is 8.86. The third-order valence-electron chi connectivity index (χ3n) is 3.78. The molecule has 3 rings (SSSR count). The maximum absolute atomic E-state index is 4.68. The second-order valence-corrected chi connectivity index (χ2v) is 5.27. The van der Waals surface area contributed by atoms with Crippen molar-refractivity contribution in [1.29, 1.82) is 0 Å². The maximum atomic E-state index is 4.68. The van der Waals surface area contributed by atoms with Gasteiger partial charge < -0.3 is 5.32 Å². The first-order valence-electron chi connectivity index (χ1n) is 6.95. The number of nitrogens with zero attached hydrogens (tertiary/aromatic N) is 1. The lowest BCUT2D eigenvalue weighted by Gasteiger charge is -2.05. The van der Waals surface area contributed by atoms with Gasteiger partial charge >= 0.3 is 0 Å². The Kier molecular flexibility index (Phi) is 3.28. The first-order valence-corrected chi connectivity index (χ1v) is 6.95. The van der Waals surface area contributed by atoms with Crippen molar-refractivity contribution in [2.75, 3.05) is 0 Å². The summed E-state index contributed by atoms with van der Waals surface area (Å²) in [5, 5.41) is 4.83. The van der Waals surface area contributed by atoms with Gasteiger partial charge in [0.25, 0.3) is 0 Å². The predicted molar refractivity (Wildman–Crippen MR) is 75.4 cm³/mol. The fraction of sp³-hybridized carbons (Fsp3) is 0.438. The Balaban J connectivity index is 1.61. The van der Waals surface area contributed by atoms with Crippen molar-refractivity contribution in [2.24, 2.45) is 5.92 Å². The van der Waals surface area contributed by atoms with Crippen LogP contribution in [0.4, 0.5) is 0 Å². The maximum Gasteiger partial charge on any atom is 0.0705 e. The molecule has 1 aromatic carbocycles. The minimum atomic E-state index is 0.734. The molecule has 1 aliphatic rings. The van der Waals surface area contributed by atoms with Crippen molar-refractivity contribution in [1.82, 2.24) is 10.3 Å². The Labute approximate surface area is 108 Å². The average molecular weight is 240 g/mol. The van der Waals surface area contributed by atoms with E-state index in [0.717, 1.165) is 29.7 Å². The van der Waals surface area contributed by atoms with Crippen molar-refractivity contribution in [3.05, 3.63) is 42.1 Å². The average Bonchev–Trinajstić information content (AvgIpc) is 3.15. The van der Waals surface area contributed by atoms with Gasteiger partial charge in [0.1, 0.15) is 0 Å². The summed E-state index contributed by atoms with van der Waals surface area (Å²) in [6, 6.07) is 13.3. The van der Waals surface area contributed by atoms with Crippen LogP contribution >= 0.6 is 0 Å². The number of fused-ring (bicyclic) bond motifs is 1. The van der Waals surface area contributed by atoms with Gasteiger partial charge in [0.05, 0.1) is 11.2 Å². The molecule has 2 nitrogen and oxygen atoms in total. The highest BCUT2D eigenvalue weighted by atomic mass is 15.0. The van der Waals surface area contributed by atoms with E-state index in [1.54, 1.807) is 0 Å².